The molecule has 1 aromatic rings. The van der Waals surface area contributed by atoms with E-state index in [1.54, 1.807) is 0 Å². The van der Waals surface area contributed by atoms with Gasteiger partial charge in [-0.15, -0.1) is 0 Å². The fourth-order valence-corrected chi connectivity index (χ4v) is 4.27. The van der Waals surface area contributed by atoms with Crippen molar-refractivity contribution in [2.45, 2.75) is 50.2 Å². The first kappa shape index (κ1) is 13.6. The van der Waals surface area contributed by atoms with Crippen molar-refractivity contribution in [2.24, 2.45) is 0 Å². The lowest BCUT2D eigenvalue weighted by Gasteiger charge is -2.39. The zero-order chi connectivity index (χ0) is 13.2. The Morgan fingerprint density at radius 1 is 1.26 bits per heavy atom. The molecular weight excluding hydrogens is 300 g/mol. The second kappa shape index (κ2) is 5.94. The van der Waals surface area contributed by atoms with Crippen LogP contribution in [0.2, 0.25) is 0 Å². The normalized spacial score (nSPS) is 30.7. The molecule has 2 heterocycles. The molecule has 2 fully saturated rings. The summed E-state index contributed by atoms with van der Waals surface area (Å²) in [4.78, 5) is 2.77. The largest absolute Gasteiger partial charge is 0.317 e. The van der Waals surface area contributed by atoms with Crippen molar-refractivity contribution in [2.75, 3.05) is 13.6 Å². The topological polar surface area (TPSA) is 15.3 Å². The molecule has 2 unspecified atom stereocenters. The van der Waals surface area contributed by atoms with Gasteiger partial charge in [-0.3, -0.25) is 4.90 Å². The lowest BCUT2D eigenvalue weighted by molar-refractivity contribution is 0.121. The van der Waals surface area contributed by atoms with Gasteiger partial charge in [0.1, 0.15) is 0 Å². The Balaban J connectivity index is 1.59. The fraction of sp³-hybridized carbons (Fsp3) is 0.625. The van der Waals surface area contributed by atoms with Crippen LogP contribution in [0.3, 0.4) is 0 Å². The molecule has 2 saturated heterocycles. The first-order valence-corrected chi connectivity index (χ1v) is 8.23. The zero-order valence-electron chi connectivity index (χ0n) is 11.6. The minimum absolute atomic E-state index is 0.750. The van der Waals surface area contributed by atoms with Crippen LogP contribution in [0.15, 0.2) is 28.7 Å². The Bertz CT molecular complexity index is 421. The van der Waals surface area contributed by atoms with Crippen LogP contribution in [0.1, 0.15) is 31.2 Å². The smallest absolute Gasteiger partial charge is 0.0178 e. The number of hydrogen-bond acceptors (Lipinski definition) is 2. The van der Waals surface area contributed by atoms with E-state index in [2.05, 4.69) is 57.5 Å². The first-order chi connectivity index (χ1) is 9.26. The van der Waals surface area contributed by atoms with Gasteiger partial charge in [0.25, 0.3) is 0 Å². The number of nitrogens with zero attached hydrogens (tertiary/aromatic N) is 1. The van der Waals surface area contributed by atoms with Gasteiger partial charge in [0.05, 0.1) is 0 Å². The van der Waals surface area contributed by atoms with Crippen LogP contribution in [-0.4, -0.2) is 36.6 Å². The quantitative estimate of drug-likeness (QED) is 0.915. The van der Waals surface area contributed by atoms with E-state index in [0.717, 1.165) is 18.1 Å². The third-order valence-corrected chi connectivity index (χ3v) is 5.33. The molecule has 1 N–H and O–H groups in total. The van der Waals surface area contributed by atoms with Gasteiger partial charge >= 0.3 is 0 Å². The van der Waals surface area contributed by atoms with Crippen LogP contribution in [0.4, 0.5) is 0 Å². The minimum Gasteiger partial charge on any atom is -0.317 e. The Morgan fingerprint density at radius 2 is 2.00 bits per heavy atom. The second-order valence-corrected chi connectivity index (χ2v) is 6.88. The maximum atomic E-state index is 3.56. The summed E-state index contributed by atoms with van der Waals surface area (Å²) in [6.45, 7) is 1.22. The Labute approximate surface area is 124 Å². The third kappa shape index (κ3) is 3.04. The summed E-state index contributed by atoms with van der Waals surface area (Å²) in [7, 11) is 2.11. The summed E-state index contributed by atoms with van der Waals surface area (Å²) >= 11 is 3.56. The van der Waals surface area contributed by atoms with Crippen LogP contribution < -0.4 is 5.32 Å². The summed E-state index contributed by atoms with van der Waals surface area (Å²) in [6.07, 6.45) is 6.66. The Hall–Kier alpha value is -0.380. The van der Waals surface area contributed by atoms with Gasteiger partial charge in [-0.1, -0.05) is 28.1 Å². The van der Waals surface area contributed by atoms with Crippen molar-refractivity contribution in [3.05, 3.63) is 34.3 Å². The number of fused-ring (bicyclic) bond motifs is 2. The van der Waals surface area contributed by atoms with Crippen LogP contribution in [0.25, 0.3) is 0 Å². The summed E-state index contributed by atoms with van der Waals surface area (Å²) in [5.41, 5.74) is 1.45. The molecular formula is C16H23BrN2. The molecule has 0 aliphatic carbocycles. The lowest BCUT2D eigenvalue weighted by atomic mass is 9.97. The highest BCUT2D eigenvalue weighted by atomic mass is 79.9. The number of halogens is 1. The molecule has 3 heteroatoms. The van der Waals surface area contributed by atoms with Crippen molar-refractivity contribution in [3.8, 4) is 0 Å². The molecule has 2 aliphatic rings. The van der Waals surface area contributed by atoms with Gasteiger partial charge in [-0.2, -0.15) is 0 Å². The van der Waals surface area contributed by atoms with E-state index in [1.807, 2.05) is 0 Å². The lowest BCUT2D eigenvalue weighted by Crippen LogP contribution is -2.48. The molecule has 0 aromatic heterocycles. The number of benzene rings is 1. The van der Waals surface area contributed by atoms with Crippen LogP contribution in [0, 0.1) is 0 Å². The maximum Gasteiger partial charge on any atom is 0.0178 e. The van der Waals surface area contributed by atoms with Gasteiger partial charge in [-0.05, 0) is 56.8 Å². The van der Waals surface area contributed by atoms with Crippen molar-refractivity contribution in [3.63, 3.8) is 0 Å². The van der Waals surface area contributed by atoms with Gasteiger partial charge in [0.15, 0.2) is 0 Å². The molecule has 104 valence electrons. The first-order valence-electron chi connectivity index (χ1n) is 7.43. The van der Waals surface area contributed by atoms with E-state index in [-0.39, 0.29) is 0 Å². The molecule has 3 rings (SSSR count). The third-order valence-electron chi connectivity index (χ3n) is 4.84. The van der Waals surface area contributed by atoms with E-state index >= 15 is 0 Å². The van der Waals surface area contributed by atoms with E-state index in [0.29, 0.717) is 0 Å². The number of nitrogens with one attached hydrogen (secondary N) is 1. The van der Waals surface area contributed by atoms with Crippen molar-refractivity contribution in [1.82, 2.24) is 10.2 Å². The van der Waals surface area contributed by atoms with E-state index < -0.39 is 0 Å². The highest BCUT2D eigenvalue weighted by Gasteiger charge is 2.39. The SMILES string of the molecule is CNC1CC2CCC(C1)N2CCc1cccc(Br)c1. The molecule has 0 radical (unpaired) electrons. The average molecular weight is 323 g/mol. The average Bonchev–Trinajstić information content (AvgIpc) is 2.66. The van der Waals surface area contributed by atoms with Crippen molar-refractivity contribution >= 4 is 15.9 Å². The minimum atomic E-state index is 0.750. The molecule has 0 spiro atoms. The number of piperidine rings is 1. The highest BCUT2D eigenvalue weighted by Crippen LogP contribution is 2.35. The van der Waals surface area contributed by atoms with Gasteiger partial charge < -0.3 is 5.32 Å². The van der Waals surface area contributed by atoms with Gasteiger partial charge in [0, 0.05) is 29.1 Å². The molecule has 2 nitrogen and oxygen atoms in total. The molecule has 1 aromatic carbocycles. The van der Waals surface area contributed by atoms with Crippen molar-refractivity contribution in [1.29, 1.82) is 0 Å². The molecule has 0 saturated carbocycles. The van der Waals surface area contributed by atoms with E-state index in [4.69, 9.17) is 0 Å². The zero-order valence-corrected chi connectivity index (χ0v) is 13.2. The number of rotatable bonds is 4. The second-order valence-electron chi connectivity index (χ2n) is 5.96. The molecule has 2 atom stereocenters. The fourth-order valence-electron chi connectivity index (χ4n) is 3.83. The monoisotopic (exact) mass is 322 g/mol. The van der Waals surface area contributed by atoms with Gasteiger partial charge in [-0.25, -0.2) is 0 Å². The molecule has 2 bridgehead atoms. The van der Waals surface area contributed by atoms with Crippen LogP contribution >= 0.6 is 15.9 Å². The molecule has 19 heavy (non-hydrogen) atoms. The summed E-state index contributed by atoms with van der Waals surface area (Å²) in [6, 6.07) is 11.1. The van der Waals surface area contributed by atoms with Crippen LogP contribution in [-0.2, 0) is 6.42 Å². The van der Waals surface area contributed by atoms with Crippen molar-refractivity contribution < 1.29 is 0 Å². The van der Waals surface area contributed by atoms with Crippen LogP contribution in [0.5, 0.6) is 0 Å². The molecule has 2 aliphatic heterocycles. The predicted molar refractivity (Wildman–Crippen MR) is 83.4 cm³/mol. The van der Waals surface area contributed by atoms with E-state index in [1.165, 1.54) is 48.7 Å². The van der Waals surface area contributed by atoms with Gasteiger partial charge in [0.2, 0.25) is 0 Å². The predicted octanol–water partition coefficient (Wildman–Crippen LogP) is 3.21. The summed E-state index contributed by atoms with van der Waals surface area (Å²) in [5, 5.41) is 3.47. The standard InChI is InChI=1S/C16H23BrN2/c1-18-14-10-15-5-6-16(11-14)19(15)8-7-12-3-2-4-13(17)9-12/h2-4,9,14-16,18H,5-8,10-11H2,1H3. The number of hydrogen-bond donors (Lipinski definition) is 1. The molecule has 0 amide bonds. The highest BCUT2D eigenvalue weighted by molar-refractivity contribution is 9.10. The summed E-state index contributed by atoms with van der Waals surface area (Å²) in [5.74, 6) is 0. The maximum absolute atomic E-state index is 3.56. The Morgan fingerprint density at radius 3 is 2.63 bits per heavy atom. The Kier molecular flexibility index (Phi) is 4.25. The summed E-state index contributed by atoms with van der Waals surface area (Å²) < 4.78 is 1.20. The van der Waals surface area contributed by atoms with E-state index in [9.17, 15) is 0 Å².